The zero-order chi connectivity index (χ0) is 18.1. The zero-order valence-corrected chi connectivity index (χ0v) is 15.9. The standard InChI is InChI=1S/C19H35N5O/c1-3-9-23-17-8-7-15(22-11-10-21-2)14-16(17)18(20)19(25)24-12-5-4-6-13-24/h15,21-22H,3-14,20H2,1-2H3/b18-16-,23-17?. The van der Waals surface area contributed by atoms with Gasteiger partial charge in [0.2, 0.25) is 0 Å². The summed E-state index contributed by atoms with van der Waals surface area (Å²) in [6, 6.07) is 0.372. The Bertz CT molecular complexity index is 494. The van der Waals surface area contributed by atoms with Crippen molar-refractivity contribution in [2.24, 2.45) is 10.7 Å². The fraction of sp³-hybridized carbons (Fsp3) is 0.789. The molecule has 1 saturated heterocycles. The molecule has 0 aromatic rings. The van der Waals surface area contributed by atoms with Gasteiger partial charge >= 0.3 is 0 Å². The van der Waals surface area contributed by atoms with E-state index in [0.29, 0.717) is 11.7 Å². The van der Waals surface area contributed by atoms with E-state index in [1.165, 1.54) is 6.42 Å². The maximum Gasteiger partial charge on any atom is 0.270 e. The first-order valence-corrected chi connectivity index (χ1v) is 9.87. The molecule has 1 aliphatic heterocycles. The van der Waals surface area contributed by atoms with Crippen molar-refractivity contribution in [2.75, 3.05) is 39.8 Å². The first kappa shape index (κ1) is 19.9. The Balaban J connectivity index is 2.14. The highest BCUT2D eigenvalue weighted by Crippen LogP contribution is 2.25. The van der Waals surface area contributed by atoms with Gasteiger partial charge in [0.15, 0.2) is 0 Å². The molecule has 4 N–H and O–H groups in total. The molecule has 2 aliphatic rings. The van der Waals surface area contributed by atoms with Gasteiger partial charge < -0.3 is 21.3 Å². The van der Waals surface area contributed by atoms with Crippen LogP contribution in [-0.2, 0) is 4.79 Å². The first-order chi connectivity index (χ1) is 12.2. The monoisotopic (exact) mass is 349 g/mol. The number of aliphatic imine (C=N–C) groups is 1. The SMILES string of the molecule is CCCN=C1CCC(NCCNC)C/C1=C(/N)C(=O)N1CCCCC1. The van der Waals surface area contributed by atoms with Crippen LogP contribution in [0.4, 0.5) is 0 Å². The molecule has 1 amide bonds. The number of carbonyl (C=O) groups is 1. The minimum atomic E-state index is 0.00905. The Morgan fingerprint density at radius 3 is 2.72 bits per heavy atom. The fourth-order valence-corrected chi connectivity index (χ4v) is 3.59. The van der Waals surface area contributed by atoms with Gasteiger partial charge in [0.1, 0.15) is 5.70 Å². The quantitative estimate of drug-likeness (QED) is 0.480. The highest BCUT2D eigenvalue weighted by atomic mass is 16.2. The van der Waals surface area contributed by atoms with E-state index < -0.39 is 0 Å². The highest BCUT2D eigenvalue weighted by Gasteiger charge is 2.28. The highest BCUT2D eigenvalue weighted by molar-refractivity contribution is 6.08. The summed E-state index contributed by atoms with van der Waals surface area (Å²) >= 11 is 0. The molecular weight excluding hydrogens is 314 g/mol. The van der Waals surface area contributed by atoms with Gasteiger partial charge in [0.05, 0.1) is 0 Å². The molecular formula is C19H35N5O. The third-order valence-corrected chi connectivity index (χ3v) is 5.06. The lowest BCUT2D eigenvalue weighted by Crippen LogP contribution is -2.42. The van der Waals surface area contributed by atoms with E-state index in [0.717, 1.165) is 82.5 Å². The summed E-state index contributed by atoms with van der Waals surface area (Å²) in [4.78, 5) is 19.5. The van der Waals surface area contributed by atoms with Gasteiger partial charge in [-0.25, -0.2) is 0 Å². The van der Waals surface area contributed by atoms with Crippen LogP contribution in [0.2, 0.25) is 0 Å². The Hall–Kier alpha value is -1.40. The van der Waals surface area contributed by atoms with Crippen molar-refractivity contribution in [3.05, 3.63) is 11.3 Å². The van der Waals surface area contributed by atoms with E-state index in [4.69, 9.17) is 10.7 Å². The molecule has 1 unspecified atom stereocenters. The van der Waals surface area contributed by atoms with Gasteiger partial charge in [-0.15, -0.1) is 0 Å². The summed E-state index contributed by atoms with van der Waals surface area (Å²) in [6.07, 6.45) is 7.15. The third kappa shape index (κ3) is 5.82. The van der Waals surface area contributed by atoms with Gasteiger partial charge in [-0.1, -0.05) is 6.92 Å². The van der Waals surface area contributed by atoms with Gasteiger partial charge in [-0.2, -0.15) is 0 Å². The van der Waals surface area contributed by atoms with E-state index in [-0.39, 0.29) is 5.91 Å². The van der Waals surface area contributed by atoms with Crippen LogP contribution in [-0.4, -0.2) is 62.3 Å². The molecule has 1 heterocycles. The van der Waals surface area contributed by atoms with E-state index in [2.05, 4.69) is 17.6 Å². The summed E-state index contributed by atoms with van der Waals surface area (Å²) in [5.41, 5.74) is 8.83. The minimum absolute atomic E-state index is 0.00905. The van der Waals surface area contributed by atoms with Crippen LogP contribution in [0.3, 0.4) is 0 Å². The van der Waals surface area contributed by atoms with Crippen molar-refractivity contribution in [3.8, 4) is 0 Å². The molecule has 0 radical (unpaired) electrons. The molecule has 0 bridgehead atoms. The molecule has 2 fully saturated rings. The Kier molecular flexibility index (Phi) is 8.41. The summed E-state index contributed by atoms with van der Waals surface area (Å²) in [5, 5.41) is 6.73. The average molecular weight is 350 g/mol. The predicted octanol–water partition coefficient (Wildman–Crippen LogP) is 1.42. The number of rotatable bonds is 7. The summed E-state index contributed by atoms with van der Waals surface area (Å²) in [5.74, 6) is 0.00905. The van der Waals surface area contributed by atoms with Crippen molar-refractivity contribution in [1.82, 2.24) is 15.5 Å². The first-order valence-electron chi connectivity index (χ1n) is 9.87. The maximum absolute atomic E-state index is 12.8. The number of nitrogens with zero attached hydrogens (tertiary/aromatic N) is 2. The second kappa shape index (κ2) is 10.6. The van der Waals surface area contributed by atoms with Crippen molar-refractivity contribution >= 4 is 11.6 Å². The molecule has 0 aromatic heterocycles. The molecule has 25 heavy (non-hydrogen) atoms. The van der Waals surface area contributed by atoms with Crippen LogP contribution < -0.4 is 16.4 Å². The lowest BCUT2D eigenvalue weighted by molar-refractivity contribution is -0.128. The molecule has 1 atom stereocenters. The van der Waals surface area contributed by atoms with Crippen LogP contribution in [0, 0.1) is 0 Å². The number of carbonyl (C=O) groups excluding carboxylic acids is 1. The van der Waals surface area contributed by atoms with Crippen LogP contribution in [0.1, 0.15) is 51.9 Å². The number of nitrogens with one attached hydrogen (secondary N) is 2. The van der Waals surface area contributed by atoms with Gasteiger partial charge in [-0.05, 0) is 52.0 Å². The van der Waals surface area contributed by atoms with Crippen molar-refractivity contribution < 1.29 is 4.79 Å². The maximum atomic E-state index is 12.8. The fourth-order valence-electron chi connectivity index (χ4n) is 3.59. The largest absolute Gasteiger partial charge is 0.394 e. The molecule has 6 nitrogen and oxygen atoms in total. The summed E-state index contributed by atoms with van der Waals surface area (Å²) < 4.78 is 0. The normalized spacial score (nSPS) is 25.3. The summed E-state index contributed by atoms with van der Waals surface area (Å²) in [7, 11) is 1.96. The minimum Gasteiger partial charge on any atom is -0.394 e. The third-order valence-electron chi connectivity index (χ3n) is 5.06. The Labute approximate surface area is 152 Å². The van der Waals surface area contributed by atoms with Gasteiger partial charge in [0.25, 0.3) is 5.91 Å². The Morgan fingerprint density at radius 1 is 1.28 bits per heavy atom. The van der Waals surface area contributed by atoms with Gasteiger partial charge in [-0.3, -0.25) is 9.79 Å². The average Bonchev–Trinajstić information content (AvgIpc) is 2.66. The van der Waals surface area contributed by atoms with Crippen molar-refractivity contribution in [2.45, 2.75) is 57.9 Å². The zero-order valence-electron chi connectivity index (χ0n) is 15.9. The number of piperidine rings is 1. The van der Waals surface area contributed by atoms with Crippen LogP contribution in [0.5, 0.6) is 0 Å². The molecule has 6 heteroatoms. The van der Waals surface area contributed by atoms with E-state index >= 15 is 0 Å². The smallest absolute Gasteiger partial charge is 0.270 e. The van der Waals surface area contributed by atoms with Crippen LogP contribution in [0.25, 0.3) is 0 Å². The molecule has 1 aliphatic carbocycles. The van der Waals surface area contributed by atoms with E-state index in [9.17, 15) is 4.79 Å². The lowest BCUT2D eigenvalue weighted by atomic mass is 9.87. The number of nitrogens with two attached hydrogens (primary N) is 1. The second-order valence-corrected chi connectivity index (χ2v) is 7.07. The number of hydrogen-bond acceptors (Lipinski definition) is 5. The predicted molar refractivity (Wildman–Crippen MR) is 104 cm³/mol. The van der Waals surface area contributed by atoms with Crippen molar-refractivity contribution in [1.29, 1.82) is 0 Å². The number of likely N-dealkylation sites (N-methyl/N-ethyl adjacent to an activating group) is 1. The summed E-state index contributed by atoms with van der Waals surface area (Å²) in [6.45, 7) is 6.46. The molecule has 0 aromatic carbocycles. The number of likely N-dealkylation sites (tertiary alicyclic amines) is 1. The van der Waals surface area contributed by atoms with E-state index in [1.807, 2.05) is 11.9 Å². The van der Waals surface area contributed by atoms with Crippen LogP contribution >= 0.6 is 0 Å². The number of hydrogen-bond donors (Lipinski definition) is 3. The van der Waals surface area contributed by atoms with Crippen molar-refractivity contribution in [3.63, 3.8) is 0 Å². The second-order valence-electron chi connectivity index (χ2n) is 7.07. The lowest BCUT2D eigenvalue weighted by Gasteiger charge is -2.31. The molecule has 0 spiro atoms. The van der Waals surface area contributed by atoms with Gasteiger partial charge in [0, 0.05) is 50.1 Å². The molecule has 1 saturated carbocycles. The molecule has 142 valence electrons. The Morgan fingerprint density at radius 2 is 2.04 bits per heavy atom. The number of amides is 1. The topological polar surface area (TPSA) is 82.7 Å². The van der Waals surface area contributed by atoms with E-state index in [1.54, 1.807) is 0 Å². The van der Waals surface area contributed by atoms with Crippen LogP contribution in [0.15, 0.2) is 16.3 Å². The molecule has 2 rings (SSSR count).